The molecule has 2 saturated heterocycles. The molecule has 6 nitrogen and oxygen atoms in total. The first-order valence-corrected chi connectivity index (χ1v) is 12.2. The van der Waals surface area contributed by atoms with Crippen LogP contribution in [-0.2, 0) is 16.1 Å². The van der Waals surface area contributed by atoms with E-state index in [2.05, 4.69) is 46.7 Å². The predicted molar refractivity (Wildman–Crippen MR) is 122 cm³/mol. The molecule has 0 aromatic heterocycles. The lowest BCUT2D eigenvalue weighted by molar-refractivity contribution is -0.136. The fourth-order valence-electron chi connectivity index (χ4n) is 4.78. The summed E-state index contributed by atoms with van der Waals surface area (Å²) in [6.45, 7) is 12.5. The molecule has 1 amide bonds. The molecule has 1 aromatic carbocycles. The lowest BCUT2D eigenvalue weighted by Crippen LogP contribution is -2.53. The van der Waals surface area contributed by atoms with Crippen LogP contribution in [0.5, 0.6) is 5.75 Å². The maximum atomic E-state index is 13.2. The van der Waals surface area contributed by atoms with Crippen LogP contribution in [0, 0.1) is 5.92 Å². The van der Waals surface area contributed by atoms with Crippen LogP contribution < -0.4 is 4.74 Å². The molecular weight excluding hydrogens is 390 g/mol. The molecular formula is C25H39N3O3. The van der Waals surface area contributed by atoms with Gasteiger partial charge in [0.1, 0.15) is 5.75 Å². The molecule has 172 valence electrons. The van der Waals surface area contributed by atoms with E-state index in [1.165, 1.54) is 5.56 Å². The van der Waals surface area contributed by atoms with Crippen molar-refractivity contribution in [3.63, 3.8) is 0 Å². The summed E-state index contributed by atoms with van der Waals surface area (Å²) in [5, 5.41) is 0. The van der Waals surface area contributed by atoms with E-state index in [9.17, 15) is 4.79 Å². The Kier molecular flexibility index (Phi) is 7.86. The van der Waals surface area contributed by atoms with Crippen LogP contribution in [0.2, 0.25) is 0 Å². The van der Waals surface area contributed by atoms with E-state index < -0.39 is 0 Å². The summed E-state index contributed by atoms with van der Waals surface area (Å²) in [4.78, 5) is 20.3. The molecule has 0 N–H and O–H groups in total. The monoisotopic (exact) mass is 429 g/mol. The minimum atomic E-state index is 0.169. The molecule has 1 aliphatic carbocycles. The summed E-state index contributed by atoms with van der Waals surface area (Å²) < 4.78 is 11.5. The molecule has 1 aromatic rings. The molecule has 31 heavy (non-hydrogen) atoms. The number of rotatable bonds is 9. The Labute approximate surface area is 187 Å². The second kappa shape index (κ2) is 10.8. The van der Waals surface area contributed by atoms with Crippen molar-refractivity contribution in [3.05, 3.63) is 29.8 Å². The Morgan fingerprint density at radius 3 is 2.65 bits per heavy atom. The zero-order valence-electron chi connectivity index (χ0n) is 19.3. The summed E-state index contributed by atoms with van der Waals surface area (Å²) in [7, 11) is 0. The minimum Gasteiger partial charge on any atom is -0.491 e. The predicted octanol–water partition coefficient (Wildman–Crippen LogP) is 3.01. The smallest absolute Gasteiger partial charge is 0.226 e. The number of nitrogens with zero attached hydrogens (tertiary/aromatic N) is 3. The number of hydrogen-bond donors (Lipinski definition) is 0. The number of ether oxygens (including phenoxy) is 2. The van der Waals surface area contributed by atoms with Crippen LogP contribution in [-0.4, -0.2) is 85.2 Å². The number of hydrogen-bond acceptors (Lipinski definition) is 5. The van der Waals surface area contributed by atoms with Crippen LogP contribution in [0.25, 0.3) is 0 Å². The van der Waals surface area contributed by atoms with Crippen molar-refractivity contribution in [1.29, 1.82) is 0 Å². The Balaban J connectivity index is 1.39. The number of carbonyl (C=O) groups excluding carboxylic acids is 1. The molecule has 4 rings (SSSR count). The van der Waals surface area contributed by atoms with E-state index in [-0.39, 0.29) is 12.0 Å². The molecule has 6 heteroatoms. The van der Waals surface area contributed by atoms with Gasteiger partial charge in [-0.15, -0.1) is 0 Å². The molecule has 1 atom stereocenters. The molecule has 1 unspecified atom stereocenters. The van der Waals surface area contributed by atoms with Crippen LogP contribution in [0.15, 0.2) is 24.3 Å². The van der Waals surface area contributed by atoms with Crippen molar-refractivity contribution in [2.24, 2.45) is 5.92 Å². The Hall–Kier alpha value is -1.63. The lowest BCUT2D eigenvalue weighted by Gasteiger charge is -2.41. The first-order valence-electron chi connectivity index (χ1n) is 12.2. The van der Waals surface area contributed by atoms with Crippen molar-refractivity contribution in [2.75, 3.05) is 52.5 Å². The molecule has 0 radical (unpaired) electrons. The SMILES string of the molecule is CC(C)Oc1ccccc1CN1CCCC(N(CCN2CCOCC2)C(=O)C2CC2)C1. The van der Waals surface area contributed by atoms with Gasteiger partial charge in [0.25, 0.3) is 0 Å². The quantitative estimate of drug-likeness (QED) is 0.604. The zero-order chi connectivity index (χ0) is 21.6. The van der Waals surface area contributed by atoms with Gasteiger partial charge in [-0.05, 0) is 52.1 Å². The van der Waals surface area contributed by atoms with Crippen molar-refractivity contribution >= 4 is 5.91 Å². The largest absolute Gasteiger partial charge is 0.491 e. The van der Waals surface area contributed by atoms with Gasteiger partial charge in [0.15, 0.2) is 0 Å². The molecule has 0 bridgehead atoms. The first kappa shape index (κ1) is 22.6. The van der Waals surface area contributed by atoms with Gasteiger partial charge in [0.05, 0.1) is 19.3 Å². The number of para-hydroxylation sites is 1. The number of morpholine rings is 1. The number of carbonyl (C=O) groups is 1. The highest BCUT2D eigenvalue weighted by Gasteiger charge is 2.37. The van der Waals surface area contributed by atoms with Crippen molar-refractivity contribution < 1.29 is 14.3 Å². The summed E-state index contributed by atoms with van der Waals surface area (Å²) in [5.41, 5.74) is 1.24. The van der Waals surface area contributed by atoms with Gasteiger partial charge in [-0.1, -0.05) is 18.2 Å². The van der Waals surface area contributed by atoms with E-state index in [0.717, 1.165) is 90.5 Å². The third-order valence-electron chi connectivity index (χ3n) is 6.62. The fourth-order valence-corrected chi connectivity index (χ4v) is 4.78. The second-order valence-corrected chi connectivity index (χ2v) is 9.57. The normalized spacial score (nSPS) is 23.1. The summed E-state index contributed by atoms with van der Waals surface area (Å²) in [6, 6.07) is 8.70. The third-order valence-corrected chi connectivity index (χ3v) is 6.62. The Morgan fingerprint density at radius 1 is 1.13 bits per heavy atom. The zero-order valence-corrected chi connectivity index (χ0v) is 19.3. The second-order valence-electron chi connectivity index (χ2n) is 9.57. The van der Waals surface area contributed by atoms with Crippen LogP contribution in [0.3, 0.4) is 0 Å². The highest BCUT2D eigenvalue weighted by atomic mass is 16.5. The highest BCUT2D eigenvalue weighted by Crippen LogP contribution is 2.33. The number of likely N-dealkylation sites (tertiary alicyclic amines) is 1. The van der Waals surface area contributed by atoms with E-state index in [1.807, 2.05) is 6.07 Å². The van der Waals surface area contributed by atoms with Gasteiger partial charge < -0.3 is 14.4 Å². The van der Waals surface area contributed by atoms with Crippen molar-refractivity contribution in [1.82, 2.24) is 14.7 Å². The molecule has 3 aliphatic rings. The van der Waals surface area contributed by atoms with Gasteiger partial charge in [-0.3, -0.25) is 14.6 Å². The maximum Gasteiger partial charge on any atom is 0.226 e. The lowest BCUT2D eigenvalue weighted by atomic mass is 10.0. The van der Waals surface area contributed by atoms with Gasteiger partial charge in [0.2, 0.25) is 5.91 Å². The first-order chi connectivity index (χ1) is 15.1. The number of benzene rings is 1. The fraction of sp³-hybridized carbons (Fsp3) is 0.720. The third kappa shape index (κ3) is 6.43. The van der Waals surface area contributed by atoms with E-state index >= 15 is 0 Å². The number of piperidine rings is 1. The van der Waals surface area contributed by atoms with E-state index in [1.54, 1.807) is 0 Å². The van der Waals surface area contributed by atoms with Gasteiger partial charge in [-0.2, -0.15) is 0 Å². The average molecular weight is 430 g/mol. The summed E-state index contributed by atoms with van der Waals surface area (Å²) in [5.74, 6) is 1.65. The van der Waals surface area contributed by atoms with Gasteiger partial charge in [-0.25, -0.2) is 0 Å². The van der Waals surface area contributed by atoms with Gasteiger partial charge >= 0.3 is 0 Å². The van der Waals surface area contributed by atoms with E-state index in [4.69, 9.17) is 9.47 Å². The van der Waals surface area contributed by atoms with Crippen molar-refractivity contribution in [3.8, 4) is 5.75 Å². The van der Waals surface area contributed by atoms with E-state index in [0.29, 0.717) is 11.9 Å². The van der Waals surface area contributed by atoms with Crippen LogP contribution in [0.1, 0.15) is 45.1 Å². The molecule has 1 saturated carbocycles. The highest BCUT2D eigenvalue weighted by molar-refractivity contribution is 5.81. The van der Waals surface area contributed by atoms with Crippen molar-refractivity contribution in [2.45, 2.75) is 58.2 Å². The maximum absolute atomic E-state index is 13.2. The average Bonchev–Trinajstić information content (AvgIpc) is 3.61. The van der Waals surface area contributed by atoms with Crippen LogP contribution in [0.4, 0.5) is 0 Å². The van der Waals surface area contributed by atoms with Crippen LogP contribution >= 0.6 is 0 Å². The molecule has 2 aliphatic heterocycles. The van der Waals surface area contributed by atoms with Gasteiger partial charge in [0, 0.05) is 56.8 Å². The Bertz CT molecular complexity index is 716. The summed E-state index contributed by atoms with van der Waals surface area (Å²) in [6.07, 6.45) is 4.57. The summed E-state index contributed by atoms with van der Waals surface area (Å²) >= 11 is 0. The Morgan fingerprint density at radius 2 is 1.90 bits per heavy atom. The molecule has 0 spiro atoms. The molecule has 3 fully saturated rings. The molecule has 2 heterocycles. The number of amides is 1. The topological polar surface area (TPSA) is 45.2 Å². The standard InChI is InChI=1S/C25H39N3O3/c1-20(2)31-24-8-4-3-6-22(24)18-27-11-5-7-23(19-27)28(25(29)21-9-10-21)13-12-26-14-16-30-17-15-26/h3-4,6,8,20-21,23H,5,7,9-19H2,1-2H3. The minimum absolute atomic E-state index is 0.169.